The van der Waals surface area contributed by atoms with Gasteiger partial charge in [-0.2, -0.15) is 0 Å². The minimum Gasteiger partial charge on any atom is -0.495 e. The summed E-state index contributed by atoms with van der Waals surface area (Å²) in [5, 5.41) is 12.4. The van der Waals surface area contributed by atoms with Crippen LogP contribution in [0.2, 0.25) is 5.02 Å². The monoisotopic (exact) mass is 412 g/mol. The Bertz CT molecular complexity index is 928. The smallest absolute Gasteiger partial charge is 0.255 e. The first-order chi connectivity index (χ1) is 12.6. The van der Waals surface area contributed by atoms with Crippen LogP contribution >= 0.6 is 11.6 Å². The third-order valence-electron chi connectivity index (χ3n) is 3.72. The van der Waals surface area contributed by atoms with Crippen LogP contribution in [0.1, 0.15) is 22.8 Å². The fourth-order valence-electron chi connectivity index (χ4n) is 2.22. The fraction of sp³-hybridized carbons (Fsp3) is 0.278. The number of sulfonamides is 1. The number of methoxy groups -OCH3 is 1. The number of hydrogen-bond donors (Lipinski definition) is 3. The van der Waals surface area contributed by atoms with Crippen LogP contribution in [0.5, 0.6) is 5.75 Å². The van der Waals surface area contributed by atoms with Gasteiger partial charge in [0, 0.05) is 23.2 Å². The second-order valence-electron chi connectivity index (χ2n) is 5.98. The third kappa shape index (κ3) is 5.43. The van der Waals surface area contributed by atoms with Crippen LogP contribution < -0.4 is 14.8 Å². The highest BCUT2D eigenvalue weighted by Crippen LogP contribution is 2.31. The van der Waals surface area contributed by atoms with Crippen LogP contribution in [0.15, 0.2) is 41.3 Å². The van der Waals surface area contributed by atoms with Gasteiger partial charge in [-0.1, -0.05) is 11.6 Å². The van der Waals surface area contributed by atoms with Crippen LogP contribution in [0.25, 0.3) is 0 Å². The van der Waals surface area contributed by atoms with Crippen LogP contribution in [0.3, 0.4) is 0 Å². The van der Waals surface area contributed by atoms with Gasteiger partial charge in [0.1, 0.15) is 5.75 Å². The highest BCUT2D eigenvalue weighted by atomic mass is 35.5. The average molecular weight is 413 g/mol. The molecule has 2 aromatic carbocycles. The number of halogens is 1. The summed E-state index contributed by atoms with van der Waals surface area (Å²) < 4.78 is 31.7. The molecule has 9 heteroatoms. The average Bonchev–Trinajstić information content (AvgIpc) is 2.63. The van der Waals surface area contributed by atoms with Crippen molar-refractivity contribution in [2.45, 2.75) is 24.8 Å². The highest BCUT2D eigenvalue weighted by Gasteiger charge is 2.16. The molecule has 0 saturated heterocycles. The van der Waals surface area contributed by atoms with Crippen molar-refractivity contribution in [3.63, 3.8) is 0 Å². The maximum atomic E-state index is 12.5. The summed E-state index contributed by atoms with van der Waals surface area (Å²) in [5.74, 6) is -0.00335. The minimum absolute atomic E-state index is 0.000354. The zero-order valence-corrected chi connectivity index (χ0v) is 16.7. The molecule has 2 rings (SSSR count). The maximum Gasteiger partial charge on any atom is 0.255 e. The summed E-state index contributed by atoms with van der Waals surface area (Å²) in [4.78, 5) is 12.5. The maximum absolute atomic E-state index is 12.5. The quantitative estimate of drug-likeness (QED) is 0.648. The number of ether oxygens (including phenoxy) is 1. The number of amides is 1. The number of aliphatic hydroxyl groups is 1. The van der Waals surface area contributed by atoms with Gasteiger partial charge in [0.2, 0.25) is 10.0 Å². The van der Waals surface area contributed by atoms with E-state index in [-0.39, 0.29) is 17.0 Å². The van der Waals surface area contributed by atoms with Crippen molar-refractivity contribution < 1.29 is 23.1 Å². The Balaban J connectivity index is 2.18. The number of rotatable bonds is 7. The normalized spacial score (nSPS) is 12.5. The van der Waals surface area contributed by atoms with Crippen molar-refractivity contribution >= 4 is 33.2 Å². The summed E-state index contributed by atoms with van der Waals surface area (Å²) in [6.07, 6.45) is -0.803. The van der Waals surface area contributed by atoms with E-state index in [0.717, 1.165) is 5.56 Å². The lowest BCUT2D eigenvalue weighted by atomic mass is 10.1. The lowest BCUT2D eigenvalue weighted by Gasteiger charge is -2.13. The van der Waals surface area contributed by atoms with Gasteiger partial charge in [0.05, 0.1) is 23.8 Å². The first-order valence-corrected chi connectivity index (χ1v) is 9.93. The van der Waals surface area contributed by atoms with E-state index >= 15 is 0 Å². The Labute approximate surface area is 163 Å². The van der Waals surface area contributed by atoms with Crippen molar-refractivity contribution in [3.05, 3.63) is 52.5 Å². The lowest BCUT2D eigenvalue weighted by Crippen LogP contribution is -2.30. The second-order valence-corrected chi connectivity index (χ2v) is 8.16. The molecule has 0 aliphatic carbocycles. The molecule has 0 radical (unpaired) electrons. The molecule has 0 aliphatic rings. The molecule has 0 heterocycles. The number of nitrogens with one attached hydrogen (secondary N) is 2. The molecule has 0 aliphatic heterocycles. The zero-order chi connectivity index (χ0) is 20.2. The van der Waals surface area contributed by atoms with Gasteiger partial charge in [0.25, 0.3) is 5.91 Å². The molecule has 1 unspecified atom stereocenters. The number of aryl methyl sites for hydroxylation is 1. The molecule has 3 N–H and O–H groups in total. The van der Waals surface area contributed by atoms with Gasteiger partial charge < -0.3 is 15.2 Å². The van der Waals surface area contributed by atoms with E-state index in [1.807, 2.05) is 0 Å². The first kappa shape index (κ1) is 21.2. The molecule has 0 spiro atoms. The van der Waals surface area contributed by atoms with Crippen LogP contribution in [-0.4, -0.2) is 39.2 Å². The van der Waals surface area contributed by atoms with Gasteiger partial charge in [0.15, 0.2) is 0 Å². The number of anilines is 1. The van der Waals surface area contributed by atoms with Gasteiger partial charge in [-0.25, -0.2) is 13.1 Å². The van der Waals surface area contributed by atoms with Gasteiger partial charge in [-0.05, 0) is 49.7 Å². The molecule has 1 atom stereocenters. The second kappa shape index (κ2) is 8.71. The fourth-order valence-corrected chi connectivity index (χ4v) is 3.50. The number of carbonyl (C=O) groups excluding carboxylic acids is 1. The molecule has 0 saturated carbocycles. The summed E-state index contributed by atoms with van der Waals surface area (Å²) in [6, 6.07) is 8.75. The van der Waals surface area contributed by atoms with E-state index in [4.69, 9.17) is 16.3 Å². The third-order valence-corrected chi connectivity index (χ3v) is 5.57. The number of hydrogen-bond acceptors (Lipinski definition) is 5. The predicted octanol–water partition coefficient (Wildman–Crippen LogP) is 2.57. The van der Waals surface area contributed by atoms with E-state index in [2.05, 4.69) is 10.0 Å². The molecular formula is C18H21ClN2O5S. The Kier molecular flexibility index (Phi) is 6.83. The van der Waals surface area contributed by atoms with Crippen molar-refractivity contribution in [3.8, 4) is 5.75 Å². The molecule has 7 nitrogen and oxygen atoms in total. The SMILES string of the molecule is COc1cc(Cl)c(C)cc1NC(=O)c1ccc(S(=O)(=O)NCC(C)O)cc1. The van der Waals surface area contributed by atoms with E-state index < -0.39 is 22.0 Å². The number of benzene rings is 2. The molecule has 27 heavy (non-hydrogen) atoms. The van der Waals surface area contributed by atoms with Crippen LogP contribution in [0, 0.1) is 6.92 Å². The van der Waals surface area contributed by atoms with Crippen LogP contribution in [-0.2, 0) is 10.0 Å². The lowest BCUT2D eigenvalue weighted by molar-refractivity contribution is 0.102. The molecule has 0 fully saturated rings. The highest BCUT2D eigenvalue weighted by molar-refractivity contribution is 7.89. The van der Waals surface area contributed by atoms with Crippen molar-refractivity contribution in [2.24, 2.45) is 0 Å². The van der Waals surface area contributed by atoms with Gasteiger partial charge >= 0.3 is 0 Å². The largest absolute Gasteiger partial charge is 0.495 e. The molecule has 1 amide bonds. The number of aliphatic hydroxyl groups excluding tert-OH is 1. The number of carbonyl (C=O) groups is 1. The predicted molar refractivity (Wildman–Crippen MR) is 104 cm³/mol. The topological polar surface area (TPSA) is 105 Å². The molecular weight excluding hydrogens is 392 g/mol. The summed E-state index contributed by atoms with van der Waals surface area (Å²) >= 11 is 6.05. The summed E-state index contributed by atoms with van der Waals surface area (Å²) in [6.45, 7) is 3.18. The molecule has 2 aromatic rings. The molecule has 146 valence electrons. The Morgan fingerprint density at radius 1 is 1.26 bits per heavy atom. The van der Waals surface area contributed by atoms with E-state index in [0.29, 0.717) is 16.5 Å². The van der Waals surface area contributed by atoms with E-state index in [1.54, 1.807) is 19.1 Å². The van der Waals surface area contributed by atoms with Crippen molar-refractivity contribution in [2.75, 3.05) is 19.0 Å². The standard InChI is InChI=1S/C18H21ClN2O5S/c1-11-8-16(17(26-3)9-15(11)19)21-18(23)13-4-6-14(7-5-13)27(24,25)20-10-12(2)22/h4-9,12,20,22H,10H2,1-3H3,(H,21,23). The minimum atomic E-state index is -3.75. The van der Waals surface area contributed by atoms with E-state index in [9.17, 15) is 18.3 Å². The van der Waals surface area contributed by atoms with Gasteiger partial charge in [-0.15, -0.1) is 0 Å². The Hall–Kier alpha value is -2.13. The summed E-state index contributed by atoms with van der Waals surface area (Å²) in [5.41, 5.74) is 1.51. The summed E-state index contributed by atoms with van der Waals surface area (Å²) in [7, 11) is -2.29. The Morgan fingerprint density at radius 2 is 1.89 bits per heavy atom. The van der Waals surface area contributed by atoms with Crippen molar-refractivity contribution in [1.29, 1.82) is 0 Å². The molecule has 0 bridgehead atoms. The zero-order valence-electron chi connectivity index (χ0n) is 15.1. The first-order valence-electron chi connectivity index (χ1n) is 8.07. The van der Waals surface area contributed by atoms with Crippen molar-refractivity contribution in [1.82, 2.24) is 4.72 Å². The van der Waals surface area contributed by atoms with Crippen LogP contribution in [0.4, 0.5) is 5.69 Å². The molecule has 0 aromatic heterocycles. The van der Waals surface area contributed by atoms with E-state index in [1.165, 1.54) is 38.3 Å². The Morgan fingerprint density at radius 3 is 2.44 bits per heavy atom. The van der Waals surface area contributed by atoms with Gasteiger partial charge in [-0.3, -0.25) is 4.79 Å².